The molecule has 0 fully saturated rings. The lowest BCUT2D eigenvalue weighted by Crippen LogP contribution is -2.30. The first kappa shape index (κ1) is 24.7. The minimum absolute atomic E-state index is 0.0269. The van der Waals surface area contributed by atoms with Crippen LogP contribution in [-0.4, -0.2) is 28.8 Å². The number of carbonyl (C=O) groups excluding carboxylic acids is 2. The number of aromatic nitrogens is 2. The van der Waals surface area contributed by atoms with Crippen LogP contribution in [0.25, 0.3) is 10.8 Å². The molecule has 4 rings (SSSR count). The van der Waals surface area contributed by atoms with Gasteiger partial charge < -0.3 is 14.8 Å². The SMILES string of the molecule is COc1cccc(NC(=O)C(OC(=O)c2nn(CC(C)C)c(=O)c3ccccc23)c2ccccc2)c1. The molecule has 4 aromatic rings. The van der Waals surface area contributed by atoms with E-state index in [0.717, 1.165) is 0 Å². The molecule has 0 radical (unpaired) electrons. The quantitative estimate of drug-likeness (QED) is 0.366. The van der Waals surface area contributed by atoms with Gasteiger partial charge in [-0.05, 0) is 24.1 Å². The Labute approximate surface area is 208 Å². The highest BCUT2D eigenvalue weighted by Crippen LogP contribution is 2.24. The molecular formula is C28H27N3O5. The van der Waals surface area contributed by atoms with E-state index in [2.05, 4.69) is 10.4 Å². The molecule has 1 aromatic heterocycles. The Bertz CT molecular complexity index is 1450. The van der Waals surface area contributed by atoms with Gasteiger partial charge in [-0.25, -0.2) is 9.48 Å². The van der Waals surface area contributed by atoms with Gasteiger partial charge in [0.05, 0.1) is 12.5 Å². The highest BCUT2D eigenvalue weighted by atomic mass is 16.5. The number of amides is 1. The van der Waals surface area contributed by atoms with Crippen molar-refractivity contribution in [2.24, 2.45) is 5.92 Å². The molecule has 8 heteroatoms. The van der Waals surface area contributed by atoms with Crippen molar-refractivity contribution in [3.63, 3.8) is 0 Å². The summed E-state index contributed by atoms with van der Waals surface area (Å²) in [5.74, 6) is -0.643. The van der Waals surface area contributed by atoms with Gasteiger partial charge in [0.1, 0.15) is 5.75 Å². The summed E-state index contributed by atoms with van der Waals surface area (Å²) >= 11 is 0. The maximum atomic E-state index is 13.4. The zero-order chi connectivity index (χ0) is 25.7. The Kier molecular flexibility index (Phi) is 7.44. The van der Waals surface area contributed by atoms with Crippen LogP contribution in [0.1, 0.15) is 36.0 Å². The van der Waals surface area contributed by atoms with E-state index in [1.165, 1.54) is 11.8 Å². The second-order valence-electron chi connectivity index (χ2n) is 8.69. The third-order valence-corrected chi connectivity index (χ3v) is 5.50. The summed E-state index contributed by atoms with van der Waals surface area (Å²) in [6.45, 7) is 4.24. The topological polar surface area (TPSA) is 99.5 Å². The second-order valence-corrected chi connectivity index (χ2v) is 8.69. The van der Waals surface area contributed by atoms with Crippen molar-refractivity contribution >= 4 is 28.3 Å². The van der Waals surface area contributed by atoms with Gasteiger partial charge in [0, 0.05) is 29.2 Å². The third kappa shape index (κ3) is 5.43. The van der Waals surface area contributed by atoms with Gasteiger partial charge >= 0.3 is 5.97 Å². The molecule has 0 saturated heterocycles. The van der Waals surface area contributed by atoms with Gasteiger partial charge in [-0.1, -0.05) is 68.4 Å². The molecule has 0 saturated carbocycles. The molecule has 1 atom stereocenters. The summed E-state index contributed by atoms with van der Waals surface area (Å²) in [6, 6.07) is 22.3. The number of esters is 1. The van der Waals surface area contributed by atoms with E-state index in [1.807, 2.05) is 13.8 Å². The van der Waals surface area contributed by atoms with Crippen LogP contribution in [0.15, 0.2) is 83.7 Å². The zero-order valence-electron chi connectivity index (χ0n) is 20.3. The van der Waals surface area contributed by atoms with Crippen molar-refractivity contribution in [1.82, 2.24) is 9.78 Å². The van der Waals surface area contributed by atoms with Gasteiger partial charge in [-0.2, -0.15) is 5.10 Å². The average molecular weight is 486 g/mol. The Balaban J connectivity index is 1.71. The van der Waals surface area contributed by atoms with Crippen molar-refractivity contribution in [2.75, 3.05) is 12.4 Å². The van der Waals surface area contributed by atoms with Crippen molar-refractivity contribution in [3.05, 3.63) is 100 Å². The number of nitrogens with one attached hydrogen (secondary N) is 1. The predicted octanol–water partition coefficient (Wildman–Crippen LogP) is 4.60. The molecule has 0 aliphatic heterocycles. The molecule has 184 valence electrons. The molecule has 3 aromatic carbocycles. The standard InChI is InChI=1S/C28H27N3O5/c1-18(2)17-31-27(33)23-15-8-7-14-22(23)24(30-31)28(34)36-25(19-10-5-4-6-11-19)26(32)29-20-12-9-13-21(16-20)35-3/h4-16,18,25H,17H2,1-3H3,(H,29,32). The van der Waals surface area contributed by atoms with Crippen LogP contribution in [0.3, 0.4) is 0 Å². The number of fused-ring (bicyclic) bond motifs is 1. The molecule has 36 heavy (non-hydrogen) atoms. The molecule has 1 amide bonds. The van der Waals surface area contributed by atoms with Crippen molar-refractivity contribution in [3.8, 4) is 5.75 Å². The number of rotatable bonds is 8. The molecule has 8 nitrogen and oxygen atoms in total. The van der Waals surface area contributed by atoms with Crippen molar-refractivity contribution in [2.45, 2.75) is 26.5 Å². The number of methoxy groups -OCH3 is 1. The fourth-order valence-corrected chi connectivity index (χ4v) is 3.83. The second kappa shape index (κ2) is 10.9. The van der Waals surface area contributed by atoms with Crippen LogP contribution in [0.5, 0.6) is 5.75 Å². The Morgan fingerprint density at radius 2 is 1.64 bits per heavy atom. The number of nitrogens with zero attached hydrogens (tertiary/aromatic N) is 2. The maximum absolute atomic E-state index is 13.4. The van der Waals surface area contributed by atoms with Crippen LogP contribution < -0.4 is 15.6 Å². The molecule has 0 aliphatic carbocycles. The van der Waals surface area contributed by atoms with Crippen LogP contribution in [-0.2, 0) is 16.1 Å². The molecule has 0 bridgehead atoms. The molecule has 0 spiro atoms. The summed E-state index contributed by atoms with van der Waals surface area (Å²) in [4.78, 5) is 39.7. The smallest absolute Gasteiger partial charge is 0.360 e. The Morgan fingerprint density at radius 3 is 2.33 bits per heavy atom. The summed E-state index contributed by atoms with van der Waals surface area (Å²) in [6.07, 6.45) is -1.25. The van der Waals surface area contributed by atoms with E-state index in [-0.39, 0.29) is 17.2 Å². The average Bonchev–Trinajstić information content (AvgIpc) is 2.89. The molecule has 1 heterocycles. The first-order chi connectivity index (χ1) is 17.4. The molecule has 1 unspecified atom stereocenters. The molecule has 0 aliphatic rings. The van der Waals surface area contributed by atoms with Crippen LogP contribution in [0.4, 0.5) is 5.69 Å². The summed E-state index contributed by atoms with van der Waals surface area (Å²) in [5, 5.41) is 7.85. The normalized spacial score (nSPS) is 11.8. The van der Waals surface area contributed by atoms with Crippen molar-refractivity contribution < 1.29 is 19.1 Å². The van der Waals surface area contributed by atoms with Crippen LogP contribution in [0.2, 0.25) is 0 Å². The van der Waals surface area contributed by atoms with Crippen LogP contribution in [0, 0.1) is 5.92 Å². The van der Waals surface area contributed by atoms with E-state index >= 15 is 0 Å². The van der Waals surface area contributed by atoms with Crippen LogP contribution >= 0.6 is 0 Å². The van der Waals surface area contributed by atoms with E-state index in [4.69, 9.17) is 9.47 Å². The fraction of sp³-hybridized carbons (Fsp3) is 0.214. The molecular weight excluding hydrogens is 458 g/mol. The lowest BCUT2D eigenvalue weighted by molar-refractivity contribution is -0.125. The number of benzene rings is 3. The first-order valence-electron chi connectivity index (χ1n) is 11.6. The van der Waals surface area contributed by atoms with Gasteiger partial charge in [-0.15, -0.1) is 0 Å². The van der Waals surface area contributed by atoms with E-state index in [0.29, 0.717) is 34.3 Å². The highest BCUT2D eigenvalue weighted by Gasteiger charge is 2.28. The van der Waals surface area contributed by atoms with Crippen molar-refractivity contribution in [1.29, 1.82) is 0 Å². The molecule has 1 N–H and O–H groups in total. The monoisotopic (exact) mass is 485 g/mol. The number of ether oxygens (including phenoxy) is 2. The van der Waals surface area contributed by atoms with E-state index in [1.54, 1.807) is 78.9 Å². The minimum atomic E-state index is -1.25. The largest absolute Gasteiger partial charge is 0.497 e. The van der Waals surface area contributed by atoms with Gasteiger partial charge in [0.25, 0.3) is 11.5 Å². The lowest BCUT2D eigenvalue weighted by Gasteiger charge is -2.19. The third-order valence-electron chi connectivity index (χ3n) is 5.50. The van der Waals surface area contributed by atoms with Gasteiger partial charge in [0.2, 0.25) is 6.10 Å². The number of hydrogen-bond acceptors (Lipinski definition) is 6. The number of anilines is 1. The van der Waals surface area contributed by atoms with Gasteiger partial charge in [-0.3, -0.25) is 9.59 Å². The maximum Gasteiger partial charge on any atom is 0.360 e. The Morgan fingerprint density at radius 1 is 0.944 bits per heavy atom. The van der Waals surface area contributed by atoms with E-state index in [9.17, 15) is 14.4 Å². The van der Waals surface area contributed by atoms with Gasteiger partial charge in [0.15, 0.2) is 5.69 Å². The lowest BCUT2D eigenvalue weighted by atomic mass is 10.1. The number of carbonyl (C=O) groups is 2. The van der Waals surface area contributed by atoms with E-state index < -0.39 is 18.0 Å². The number of hydrogen-bond donors (Lipinski definition) is 1. The summed E-state index contributed by atoms with van der Waals surface area (Å²) in [5.41, 5.74) is 0.670. The summed E-state index contributed by atoms with van der Waals surface area (Å²) in [7, 11) is 1.53. The predicted molar refractivity (Wildman–Crippen MR) is 137 cm³/mol. The fourth-order valence-electron chi connectivity index (χ4n) is 3.83. The minimum Gasteiger partial charge on any atom is -0.497 e. The first-order valence-corrected chi connectivity index (χ1v) is 11.6. The summed E-state index contributed by atoms with van der Waals surface area (Å²) < 4.78 is 12.3. The Hall–Kier alpha value is -4.46. The highest BCUT2D eigenvalue weighted by molar-refractivity contribution is 6.04. The zero-order valence-corrected chi connectivity index (χ0v) is 20.3.